The molecule has 63 heavy (non-hydrogen) atoms. The van der Waals surface area contributed by atoms with E-state index in [1.807, 2.05) is 0 Å². The first-order valence-corrected chi connectivity index (χ1v) is 22.1. The van der Waals surface area contributed by atoms with Gasteiger partial charge < -0.3 is 0 Å². The lowest BCUT2D eigenvalue weighted by Crippen LogP contribution is -2.05. The van der Waals surface area contributed by atoms with Crippen molar-refractivity contribution >= 4 is 44.6 Å². The molecular weight excluding hydrogens is 765 g/mol. The van der Waals surface area contributed by atoms with Gasteiger partial charge in [0.05, 0.1) is 11.4 Å². The molecule has 0 spiro atoms. The van der Waals surface area contributed by atoms with Crippen LogP contribution in [-0.2, 0) is 6.42 Å². The highest BCUT2D eigenvalue weighted by Crippen LogP contribution is 2.41. The van der Waals surface area contributed by atoms with Crippen LogP contribution in [0.4, 0.5) is 11.4 Å². The number of nitrogens with zero attached hydrogens (tertiary/aromatic N) is 4. The normalized spacial score (nSPS) is 13.5. The molecule has 0 N–H and O–H groups in total. The molecule has 9 rings (SSSR count). The number of aromatic nitrogens is 2. The lowest BCUT2D eigenvalue weighted by molar-refractivity contribution is 0.887. The summed E-state index contributed by atoms with van der Waals surface area (Å²) in [6.07, 6.45) is 0.786. The first-order valence-electron chi connectivity index (χ1n) is 22.1. The fourth-order valence-corrected chi connectivity index (χ4v) is 9.10. The summed E-state index contributed by atoms with van der Waals surface area (Å²) in [4.78, 5) is 11.1. The third kappa shape index (κ3) is 8.50. The third-order valence-electron chi connectivity index (χ3n) is 12.7. The molecule has 8 aromatic carbocycles. The average molecular weight is 817 g/mol. The van der Waals surface area contributed by atoms with E-state index in [1.165, 1.54) is 44.5 Å². The van der Waals surface area contributed by atoms with Crippen molar-refractivity contribution in [3.8, 4) is 0 Å². The summed E-state index contributed by atoms with van der Waals surface area (Å²) in [5.41, 5.74) is 17.2. The van der Waals surface area contributed by atoms with E-state index in [0.717, 1.165) is 62.2 Å². The number of rotatable bonds is 12. The van der Waals surface area contributed by atoms with Gasteiger partial charge in [0.1, 0.15) is 11.0 Å². The van der Waals surface area contributed by atoms with Gasteiger partial charge in [-0.3, -0.25) is 9.98 Å². The van der Waals surface area contributed by atoms with E-state index in [0.29, 0.717) is 0 Å². The van der Waals surface area contributed by atoms with E-state index in [2.05, 4.69) is 229 Å². The molecule has 1 aromatic heterocycles. The molecule has 0 aliphatic carbocycles. The van der Waals surface area contributed by atoms with Crippen LogP contribution in [0.2, 0.25) is 0 Å². The molecule has 0 aliphatic heterocycles. The maximum Gasteiger partial charge on any atom is 0.103 e. The standard InChI is InChI=1S/C59H52N4/c1-39(45-24-12-7-13-25-45)49-31-18-30-48(38-44-22-10-6-11-23-44)56(49)60-42(4)52-34-20-36-54-55-37-21-35-53(59(55)63-62-58(52)54)43(5)61-57-50(40(2)46-26-14-8-15-27-46)32-19-33-51(57)41(3)47-28-16-9-17-29-47/h6-37,39-41H,38H2,1-5H3/b60-42+,61-43+/t39?,40-,41?/m0/s1. The molecule has 0 saturated carbocycles. The van der Waals surface area contributed by atoms with Crippen LogP contribution in [0.3, 0.4) is 0 Å². The number of hydrogen-bond acceptors (Lipinski definition) is 4. The zero-order valence-corrected chi connectivity index (χ0v) is 36.7. The highest BCUT2D eigenvalue weighted by molar-refractivity contribution is 6.18. The second kappa shape index (κ2) is 18.4. The van der Waals surface area contributed by atoms with E-state index in [4.69, 9.17) is 20.2 Å². The van der Waals surface area contributed by atoms with Crippen LogP contribution >= 0.6 is 0 Å². The van der Waals surface area contributed by atoms with Crippen molar-refractivity contribution in [1.82, 2.24) is 10.2 Å². The second-order valence-electron chi connectivity index (χ2n) is 16.7. The van der Waals surface area contributed by atoms with Gasteiger partial charge in [0.2, 0.25) is 0 Å². The number of aliphatic imine (C=N–C) groups is 2. The SMILES string of the molecule is C/C(=N\c1c(Cc2ccccc2)cccc1C(C)c1ccccc1)c1cccc2c1nnc1c(/C(C)=N/c3c(C(C)c4ccccc4)cccc3[C@@H](C)c3ccccc3)cccc12. The molecule has 4 heteroatoms. The van der Waals surface area contributed by atoms with Crippen LogP contribution in [0, 0.1) is 0 Å². The Morgan fingerprint density at radius 2 is 0.762 bits per heavy atom. The van der Waals surface area contributed by atoms with Crippen molar-refractivity contribution in [2.75, 3.05) is 0 Å². The molecule has 9 aromatic rings. The number of hydrogen-bond donors (Lipinski definition) is 0. The Balaban J connectivity index is 1.15. The van der Waals surface area contributed by atoms with Crippen LogP contribution in [0.1, 0.15) is 108 Å². The Kier molecular flexibility index (Phi) is 12.0. The fraction of sp³-hybridized carbons (Fsp3) is 0.153. The zero-order valence-electron chi connectivity index (χ0n) is 36.7. The van der Waals surface area contributed by atoms with E-state index in [1.54, 1.807) is 0 Å². The van der Waals surface area contributed by atoms with Crippen LogP contribution < -0.4 is 0 Å². The maximum atomic E-state index is 5.56. The Hall–Kier alpha value is -7.30. The monoisotopic (exact) mass is 816 g/mol. The quantitative estimate of drug-likeness (QED) is 0.0911. The highest BCUT2D eigenvalue weighted by atomic mass is 15.1. The maximum absolute atomic E-state index is 5.56. The van der Waals surface area contributed by atoms with Gasteiger partial charge in [-0.2, -0.15) is 0 Å². The minimum atomic E-state index is 0.142. The molecule has 0 radical (unpaired) electrons. The minimum Gasteiger partial charge on any atom is -0.252 e. The molecule has 2 unspecified atom stereocenters. The van der Waals surface area contributed by atoms with Crippen molar-refractivity contribution < 1.29 is 0 Å². The minimum absolute atomic E-state index is 0.142. The first kappa shape index (κ1) is 41.1. The molecular formula is C59H52N4. The zero-order chi connectivity index (χ0) is 43.3. The van der Waals surface area contributed by atoms with Crippen molar-refractivity contribution in [3.63, 3.8) is 0 Å². The largest absolute Gasteiger partial charge is 0.252 e. The van der Waals surface area contributed by atoms with Crippen LogP contribution in [0.5, 0.6) is 0 Å². The molecule has 3 atom stereocenters. The predicted octanol–water partition coefficient (Wildman–Crippen LogP) is 15.1. The number of benzene rings is 8. The van der Waals surface area contributed by atoms with E-state index in [-0.39, 0.29) is 17.8 Å². The summed E-state index contributed by atoms with van der Waals surface area (Å²) >= 11 is 0. The molecule has 308 valence electrons. The van der Waals surface area contributed by atoms with Crippen LogP contribution in [0.15, 0.2) is 204 Å². The predicted molar refractivity (Wildman–Crippen MR) is 265 cm³/mol. The summed E-state index contributed by atoms with van der Waals surface area (Å²) < 4.78 is 0. The summed E-state index contributed by atoms with van der Waals surface area (Å²) in [6, 6.07) is 68.9. The third-order valence-corrected chi connectivity index (χ3v) is 12.7. The molecule has 0 saturated heterocycles. The summed E-state index contributed by atoms with van der Waals surface area (Å²) in [5, 5.41) is 12.1. The van der Waals surface area contributed by atoms with Crippen molar-refractivity contribution in [1.29, 1.82) is 0 Å². The molecule has 0 amide bonds. The van der Waals surface area contributed by atoms with Gasteiger partial charge in [-0.05, 0) is 64.8 Å². The van der Waals surface area contributed by atoms with Gasteiger partial charge in [0.25, 0.3) is 0 Å². The Morgan fingerprint density at radius 1 is 0.397 bits per heavy atom. The Labute approximate surface area is 371 Å². The number of para-hydroxylation sites is 2. The van der Waals surface area contributed by atoms with Crippen LogP contribution in [0.25, 0.3) is 21.8 Å². The highest BCUT2D eigenvalue weighted by Gasteiger charge is 2.22. The summed E-state index contributed by atoms with van der Waals surface area (Å²) in [6.45, 7) is 11.0. The van der Waals surface area contributed by atoms with E-state index < -0.39 is 0 Å². The average Bonchev–Trinajstić information content (AvgIpc) is 3.34. The van der Waals surface area contributed by atoms with Gasteiger partial charge in [-0.1, -0.05) is 215 Å². The van der Waals surface area contributed by atoms with Gasteiger partial charge in [0.15, 0.2) is 0 Å². The van der Waals surface area contributed by atoms with E-state index in [9.17, 15) is 0 Å². The van der Waals surface area contributed by atoms with Gasteiger partial charge >= 0.3 is 0 Å². The molecule has 0 fully saturated rings. The van der Waals surface area contributed by atoms with Crippen LogP contribution in [-0.4, -0.2) is 21.6 Å². The Morgan fingerprint density at radius 3 is 1.21 bits per heavy atom. The van der Waals surface area contributed by atoms with Gasteiger partial charge in [-0.15, -0.1) is 10.2 Å². The summed E-state index contributed by atoms with van der Waals surface area (Å²) in [7, 11) is 0. The lowest BCUT2D eigenvalue weighted by Gasteiger charge is -2.22. The van der Waals surface area contributed by atoms with E-state index >= 15 is 0 Å². The Bertz CT molecular complexity index is 3020. The summed E-state index contributed by atoms with van der Waals surface area (Å²) in [5.74, 6) is 0.436. The molecule has 0 bridgehead atoms. The topological polar surface area (TPSA) is 50.5 Å². The van der Waals surface area contributed by atoms with Crippen molar-refractivity contribution in [3.05, 3.63) is 250 Å². The molecule has 1 heterocycles. The van der Waals surface area contributed by atoms with Crippen molar-refractivity contribution in [2.24, 2.45) is 9.98 Å². The van der Waals surface area contributed by atoms with Gasteiger partial charge in [0, 0.05) is 51.1 Å². The fourth-order valence-electron chi connectivity index (χ4n) is 9.10. The number of fused-ring (bicyclic) bond motifs is 3. The van der Waals surface area contributed by atoms with Gasteiger partial charge in [-0.25, -0.2) is 0 Å². The molecule has 4 nitrogen and oxygen atoms in total. The molecule has 0 aliphatic rings. The first-order chi connectivity index (χ1) is 30.9. The smallest absolute Gasteiger partial charge is 0.103 e. The second-order valence-corrected chi connectivity index (χ2v) is 16.7. The van der Waals surface area contributed by atoms with Crippen molar-refractivity contribution in [2.45, 2.75) is 58.8 Å². The lowest BCUT2D eigenvalue weighted by atomic mass is 9.85.